The molecule has 0 unspecified atom stereocenters. The number of nitrogens with one attached hydrogen (secondary N) is 1. The Morgan fingerprint density at radius 3 is 2.68 bits per heavy atom. The molecule has 0 radical (unpaired) electrons. The largest absolute Gasteiger partial charge is 0.495 e. The molecule has 9 heteroatoms. The van der Waals surface area contributed by atoms with Crippen LogP contribution in [0.2, 0.25) is 0 Å². The van der Waals surface area contributed by atoms with Gasteiger partial charge in [-0.3, -0.25) is 14.2 Å². The van der Waals surface area contributed by atoms with Crippen LogP contribution in [0.1, 0.15) is 5.56 Å². The van der Waals surface area contributed by atoms with Crippen molar-refractivity contribution in [1.29, 1.82) is 0 Å². The van der Waals surface area contributed by atoms with E-state index in [1.807, 2.05) is 0 Å². The van der Waals surface area contributed by atoms with Gasteiger partial charge in [0.25, 0.3) is 5.56 Å². The molecule has 0 saturated heterocycles. The number of fused-ring (bicyclic) bond motifs is 1. The van der Waals surface area contributed by atoms with E-state index in [1.54, 1.807) is 54.8 Å². The minimum absolute atomic E-state index is 0.278. The number of benzene rings is 2. The van der Waals surface area contributed by atoms with Crippen molar-refractivity contribution in [1.82, 2.24) is 9.13 Å². The van der Waals surface area contributed by atoms with E-state index < -0.39 is 23.0 Å². The Morgan fingerprint density at radius 2 is 1.94 bits per heavy atom. The van der Waals surface area contributed by atoms with E-state index in [0.717, 1.165) is 4.57 Å². The van der Waals surface area contributed by atoms with E-state index in [0.29, 0.717) is 21.5 Å². The van der Waals surface area contributed by atoms with Gasteiger partial charge in [0.2, 0.25) is 5.91 Å². The molecule has 0 bridgehead atoms. The number of aryl methyl sites for hydroxylation is 1. The summed E-state index contributed by atoms with van der Waals surface area (Å²) >= 11 is 1.18. The number of hydrogen-bond donors (Lipinski definition) is 1. The second kappa shape index (κ2) is 8.19. The van der Waals surface area contributed by atoms with Gasteiger partial charge in [-0.1, -0.05) is 18.2 Å². The first-order valence-electron chi connectivity index (χ1n) is 9.33. The number of halogens is 1. The minimum Gasteiger partial charge on any atom is -0.495 e. The molecule has 7 nitrogen and oxygen atoms in total. The van der Waals surface area contributed by atoms with Crippen molar-refractivity contribution in [3.05, 3.63) is 86.1 Å². The van der Waals surface area contributed by atoms with Crippen molar-refractivity contribution >= 4 is 33.1 Å². The van der Waals surface area contributed by atoms with Gasteiger partial charge in [0.05, 0.1) is 18.3 Å². The normalized spacial score (nSPS) is 10.9. The summed E-state index contributed by atoms with van der Waals surface area (Å²) in [4.78, 5) is 39.0. The zero-order valence-electron chi connectivity index (χ0n) is 16.7. The molecule has 1 amide bonds. The minimum atomic E-state index is -0.675. The molecule has 1 N–H and O–H groups in total. The molecule has 0 spiro atoms. The SMILES string of the molecule is COc1ccccc1-n1c(=O)c2sccc2n(CC(=O)Nc2ccc(C)c(F)c2)c1=O. The fourth-order valence-corrected chi connectivity index (χ4v) is 4.11. The van der Waals surface area contributed by atoms with Crippen molar-refractivity contribution in [2.75, 3.05) is 12.4 Å². The van der Waals surface area contributed by atoms with Crippen LogP contribution in [-0.2, 0) is 11.3 Å². The van der Waals surface area contributed by atoms with Crippen LogP contribution in [-0.4, -0.2) is 22.2 Å². The van der Waals surface area contributed by atoms with Crippen molar-refractivity contribution in [2.24, 2.45) is 0 Å². The Bertz CT molecular complexity index is 1420. The lowest BCUT2D eigenvalue weighted by Gasteiger charge is -2.14. The Morgan fingerprint density at radius 1 is 1.16 bits per heavy atom. The van der Waals surface area contributed by atoms with Crippen LogP contribution in [0.5, 0.6) is 5.75 Å². The van der Waals surface area contributed by atoms with Gasteiger partial charge in [0.15, 0.2) is 0 Å². The number of para-hydroxylation sites is 2. The maximum absolute atomic E-state index is 13.8. The number of amides is 1. The van der Waals surface area contributed by atoms with Gasteiger partial charge in [-0.2, -0.15) is 0 Å². The molecular formula is C22H18FN3O4S. The number of ether oxygens (including phenoxy) is 1. The molecule has 0 fully saturated rings. The molecule has 2 aromatic heterocycles. The first-order chi connectivity index (χ1) is 14.9. The van der Waals surface area contributed by atoms with Gasteiger partial charge in [-0.15, -0.1) is 11.3 Å². The lowest BCUT2D eigenvalue weighted by Crippen LogP contribution is -2.40. The van der Waals surface area contributed by atoms with E-state index in [9.17, 15) is 18.8 Å². The lowest BCUT2D eigenvalue weighted by atomic mass is 10.2. The average molecular weight is 439 g/mol. The van der Waals surface area contributed by atoms with Crippen molar-refractivity contribution in [3.8, 4) is 11.4 Å². The summed E-state index contributed by atoms with van der Waals surface area (Å²) < 4.78 is 21.6. The lowest BCUT2D eigenvalue weighted by molar-refractivity contribution is -0.116. The molecule has 0 aliphatic carbocycles. The van der Waals surface area contributed by atoms with Crippen LogP contribution in [0.3, 0.4) is 0 Å². The summed E-state index contributed by atoms with van der Waals surface area (Å²) in [5.41, 5.74) is 0.211. The monoisotopic (exact) mass is 439 g/mol. The topological polar surface area (TPSA) is 82.3 Å². The molecule has 4 aromatic rings. The maximum atomic E-state index is 13.8. The molecule has 0 saturated carbocycles. The highest BCUT2D eigenvalue weighted by atomic mass is 32.1. The van der Waals surface area contributed by atoms with Gasteiger partial charge >= 0.3 is 5.69 Å². The fourth-order valence-electron chi connectivity index (χ4n) is 3.28. The summed E-state index contributed by atoms with van der Waals surface area (Å²) in [6.07, 6.45) is 0. The van der Waals surface area contributed by atoms with Gasteiger partial charge in [-0.25, -0.2) is 13.8 Å². The third-order valence-electron chi connectivity index (χ3n) is 4.84. The summed E-state index contributed by atoms with van der Waals surface area (Å²) in [5.74, 6) is -0.619. The van der Waals surface area contributed by atoms with Crippen LogP contribution >= 0.6 is 11.3 Å². The summed E-state index contributed by atoms with van der Waals surface area (Å²) in [6.45, 7) is 1.27. The number of hydrogen-bond acceptors (Lipinski definition) is 5. The second-order valence-corrected chi connectivity index (χ2v) is 7.74. The van der Waals surface area contributed by atoms with Crippen LogP contribution in [0.4, 0.5) is 10.1 Å². The molecule has 4 rings (SSSR count). The van der Waals surface area contributed by atoms with Crippen molar-refractivity contribution in [2.45, 2.75) is 13.5 Å². The molecule has 0 aliphatic rings. The van der Waals surface area contributed by atoms with Gasteiger partial charge in [-0.05, 0) is 48.2 Å². The molecule has 2 aromatic carbocycles. The van der Waals surface area contributed by atoms with Crippen LogP contribution in [0.25, 0.3) is 15.9 Å². The number of aromatic nitrogens is 2. The molecule has 2 heterocycles. The van der Waals surface area contributed by atoms with E-state index >= 15 is 0 Å². The number of anilines is 1. The van der Waals surface area contributed by atoms with Crippen molar-refractivity contribution in [3.63, 3.8) is 0 Å². The number of carbonyl (C=O) groups is 1. The van der Waals surface area contributed by atoms with Crippen LogP contribution in [0, 0.1) is 12.7 Å². The number of methoxy groups -OCH3 is 1. The van der Waals surface area contributed by atoms with Crippen LogP contribution < -0.4 is 21.3 Å². The first-order valence-corrected chi connectivity index (χ1v) is 10.2. The second-order valence-electron chi connectivity index (χ2n) is 6.83. The highest BCUT2D eigenvalue weighted by Crippen LogP contribution is 2.22. The first kappa shape index (κ1) is 20.5. The zero-order chi connectivity index (χ0) is 22.1. The highest BCUT2D eigenvalue weighted by Gasteiger charge is 2.19. The fraction of sp³-hybridized carbons (Fsp3) is 0.136. The van der Waals surface area contributed by atoms with E-state index in [2.05, 4.69) is 5.32 Å². The molecule has 0 aliphatic heterocycles. The number of rotatable bonds is 5. The zero-order valence-corrected chi connectivity index (χ0v) is 17.5. The maximum Gasteiger partial charge on any atom is 0.336 e. The Labute approximate surface area is 180 Å². The van der Waals surface area contributed by atoms with E-state index in [4.69, 9.17) is 4.74 Å². The highest BCUT2D eigenvalue weighted by molar-refractivity contribution is 7.17. The third kappa shape index (κ3) is 3.75. The number of carbonyl (C=O) groups excluding carboxylic acids is 1. The smallest absolute Gasteiger partial charge is 0.336 e. The van der Waals surface area contributed by atoms with Crippen LogP contribution in [0.15, 0.2) is 63.5 Å². The molecule has 31 heavy (non-hydrogen) atoms. The summed E-state index contributed by atoms with van der Waals surface area (Å²) in [5, 5.41) is 4.27. The Kier molecular flexibility index (Phi) is 5.43. The summed E-state index contributed by atoms with van der Waals surface area (Å²) in [6, 6.07) is 12.6. The van der Waals surface area contributed by atoms with E-state index in [1.165, 1.54) is 29.1 Å². The van der Waals surface area contributed by atoms with Gasteiger partial charge < -0.3 is 10.1 Å². The molecule has 158 valence electrons. The summed E-state index contributed by atoms with van der Waals surface area (Å²) in [7, 11) is 1.44. The third-order valence-corrected chi connectivity index (χ3v) is 5.73. The standard InChI is InChI=1S/C22H18FN3O4S/c1-13-7-8-14(11-15(13)23)24-19(27)12-25-17-9-10-31-20(17)21(28)26(22(25)29)16-5-3-4-6-18(16)30-2/h3-11H,12H2,1-2H3,(H,24,27). The number of nitrogens with zero attached hydrogens (tertiary/aromatic N) is 2. The van der Waals surface area contributed by atoms with E-state index in [-0.39, 0.29) is 17.9 Å². The van der Waals surface area contributed by atoms with Gasteiger partial charge in [0.1, 0.15) is 22.8 Å². The average Bonchev–Trinajstić information content (AvgIpc) is 3.24. The number of thiophene rings is 1. The van der Waals surface area contributed by atoms with Gasteiger partial charge in [0, 0.05) is 5.69 Å². The quantitative estimate of drug-likeness (QED) is 0.517. The van der Waals surface area contributed by atoms with Crippen molar-refractivity contribution < 1.29 is 13.9 Å². The molecular weight excluding hydrogens is 421 g/mol. The molecule has 0 atom stereocenters. The Hall–Kier alpha value is -3.72. The predicted octanol–water partition coefficient (Wildman–Crippen LogP) is 3.31. The predicted molar refractivity (Wildman–Crippen MR) is 118 cm³/mol. The Balaban J connectivity index is 1.80.